The van der Waals surface area contributed by atoms with Crippen molar-refractivity contribution in [3.8, 4) is 0 Å². The van der Waals surface area contributed by atoms with Crippen molar-refractivity contribution < 1.29 is 75.1 Å². The van der Waals surface area contributed by atoms with E-state index in [1.165, 1.54) is 83.1 Å². The molecular weight excluding hydrogens is 1340 g/mol. The van der Waals surface area contributed by atoms with E-state index in [2.05, 4.69) is 80.3 Å². The number of hydrogen-bond acceptors (Lipinski definition) is 22. The summed E-state index contributed by atoms with van der Waals surface area (Å²) in [6.45, 7) is 6.71. The Hall–Kier alpha value is -9.45. The van der Waals surface area contributed by atoms with E-state index in [1.807, 2.05) is 0 Å². The first-order valence-electron chi connectivity index (χ1n) is 25.1. The molecule has 11 N–H and O–H groups in total. The Morgan fingerprint density at radius 1 is 0.407 bits per heavy atom. The number of aliphatic hydroxyl groups is 2. The normalized spacial score (nSPS) is 14.1. The van der Waals surface area contributed by atoms with Crippen molar-refractivity contribution in [2.24, 2.45) is 50.4 Å². The van der Waals surface area contributed by atoms with E-state index in [9.17, 15) is 75.1 Å². The number of aliphatic hydroxyl groups excluding tert-OH is 2. The first-order valence-corrected chi connectivity index (χ1v) is 33.0. The number of halogens is 2. The Bertz CT molecular complexity index is 5320. The molecule has 0 aliphatic rings. The van der Waals surface area contributed by atoms with E-state index < -0.39 is 86.9 Å². The van der Waals surface area contributed by atoms with Gasteiger partial charge in [0, 0.05) is 41.0 Å². The monoisotopic (exact) mass is 1380 g/mol. The second-order valence-electron chi connectivity index (χ2n) is 19.0. The Labute approximate surface area is 522 Å². The second-order valence-corrected chi connectivity index (χ2v) is 26.7. The third-order valence-electron chi connectivity index (χ3n) is 12.5. The molecule has 0 fully saturated rings. The van der Waals surface area contributed by atoms with Crippen molar-refractivity contribution in [2.75, 3.05) is 0 Å². The van der Waals surface area contributed by atoms with Crippen LogP contribution >= 0.6 is 23.2 Å². The van der Waals surface area contributed by atoms with Gasteiger partial charge in [-0.2, -0.15) is 62.3 Å². The van der Waals surface area contributed by atoms with E-state index in [4.69, 9.17) is 23.2 Å². The molecule has 0 spiro atoms. The summed E-state index contributed by atoms with van der Waals surface area (Å²) in [7, 11) is -24.8. The van der Waals surface area contributed by atoms with Gasteiger partial charge in [-0.1, -0.05) is 24.3 Å². The molecule has 0 radical (unpaired) electrons. The summed E-state index contributed by atoms with van der Waals surface area (Å²) in [6, 6.07) is 18.7. The third kappa shape index (κ3) is 15.2. The number of aliphatic imine (C=N–C) groups is 2. The van der Waals surface area contributed by atoms with Crippen molar-refractivity contribution >= 4 is 164 Å². The molecule has 0 saturated carbocycles. The highest BCUT2D eigenvalue weighted by Gasteiger charge is 2.27. The highest BCUT2D eigenvalue weighted by atomic mass is 35.5. The number of nitrogens with zero attached hydrogens (tertiary/aromatic N) is 12. The zero-order chi connectivity index (χ0) is 66.4. The molecule has 472 valence electrons. The minimum atomic E-state index is -5.04. The van der Waals surface area contributed by atoms with Crippen LogP contribution in [-0.4, -0.2) is 117 Å². The zero-order valence-electron chi connectivity index (χ0n) is 46.6. The molecule has 9 rings (SSSR count). The average molecular weight is 1380 g/mol. The Kier molecular flexibility index (Phi) is 18.2. The molecule has 0 aliphatic heterocycles. The highest BCUT2D eigenvalue weighted by Crippen LogP contribution is 2.42. The van der Waals surface area contributed by atoms with Gasteiger partial charge in [0.15, 0.2) is 11.8 Å². The molecule has 0 aliphatic carbocycles. The zero-order valence-corrected chi connectivity index (χ0v) is 52.2. The second kappa shape index (κ2) is 25.1. The van der Waals surface area contributed by atoms with Gasteiger partial charge in [-0.25, -0.2) is 30.0 Å². The molecule has 0 amide bonds. The standard InChI is InChI=1S/C51H42Cl2N16O17S5/c1-22-43(58-50-62-46(52)60-48(64-50)56-27-12-14-35(37(18-27)54-25(4)70)68-66-29-16-33-31(41(20-29)89(78,79)80)8-6-10-39(33)87(72,73)74)23(2)45(91(84,85)86)24(3)44(22)59-51-63-47(53)61-49(65-51)57-28-13-15-36(38(19-28)55-26(5)71)69-67-30-17-34-32(42(21-30)90(81,82)83)9-7-11-40(34)88(75,76)77/h6-21H,1-5H3,(H,54,70)(H,55,71)(H,72,73,74)(H,75,76,77)(H,78,79,80)(H,81,82,83)(H,84,85,86)(H2,56,58,60,62,64)(H2,57,59,61,63,65). The van der Waals surface area contributed by atoms with E-state index in [0.29, 0.717) is 0 Å². The predicted octanol–water partition coefficient (Wildman–Crippen LogP) is 9.54. The van der Waals surface area contributed by atoms with Crippen molar-refractivity contribution in [3.05, 3.63) is 147 Å². The Balaban J connectivity index is 1.09. The van der Waals surface area contributed by atoms with E-state index in [0.717, 1.165) is 48.5 Å². The highest BCUT2D eigenvalue weighted by molar-refractivity contribution is 7.87. The van der Waals surface area contributed by atoms with Crippen LogP contribution < -0.4 is 22.5 Å². The molecule has 2 heterocycles. The van der Waals surface area contributed by atoms with Gasteiger partial charge >= 0.3 is 0 Å². The maximum absolute atomic E-state index is 13.1. The predicted molar refractivity (Wildman–Crippen MR) is 326 cm³/mol. The number of benzene rings is 7. The number of hydrogen-bond donors (Lipinski definition) is 11. The van der Waals surface area contributed by atoms with Gasteiger partial charge in [0.2, 0.25) is 33.0 Å². The van der Waals surface area contributed by atoms with Crippen LogP contribution in [0.25, 0.3) is 21.5 Å². The van der Waals surface area contributed by atoms with Gasteiger partial charge in [0.1, 0.15) is 35.9 Å². The number of aromatic nitrogens is 6. The van der Waals surface area contributed by atoms with E-state index >= 15 is 0 Å². The molecule has 91 heavy (non-hydrogen) atoms. The van der Waals surface area contributed by atoms with Crippen LogP contribution in [-0.2, 0) is 50.6 Å². The lowest BCUT2D eigenvalue weighted by atomic mass is 10.0. The minimum absolute atomic E-state index is 0.0598. The number of H-pyrrole nitrogens is 4. The molecule has 9 aromatic rings. The van der Waals surface area contributed by atoms with Gasteiger partial charge in [-0.3, -0.25) is 32.7 Å². The molecule has 0 bridgehead atoms. The van der Waals surface area contributed by atoms with Gasteiger partial charge in [-0.05, 0) is 128 Å². The number of fused-ring (bicyclic) bond motifs is 2. The number of nitrogens with one attached hydrogen (secondary N) is 4. The first-order chi connectivity index (χ1) is 42.4. The van der Waals surface area contributed by atoms with Crippen LogP contribution in [0.5, 0.6) is 0 Å². The van der Waals surface area contributed by atoms with Gasteiger partial charge in [0.25, 0.3) is 50.6 Å². The van der Waals surface area contributed by atoms with E-state index in [1.54, 1.807) is 0 Å². The van der Waals surface area contributed by atoms with Crippen LogP contribution in [0.4, 0.5) is 56.9 Å². The molecular formula is C51H42Cl2N16O17S5. The summed E-state index contributed by atoms with van der Waals surface area (Å²) in [5.74, 6) is -0.934. The molecule has 0 saturated heterocycles. The molecule has 40 heteroatoms. The van der Waals surface area contributed by atoms with Crippen molar-refractivity contribution in [2.45, 2.75) is 59.1 Å². The fraction of sp³-hybridized carbons (Fsp3) is 0.0980. The Morgan fingerprint density at radius 3 is 1.12 bits per heavy atom. The number of azo groups is 2. The lowest BCUT2D eigenvalue weighted by Gasteiger charge is -2.16. The maximum Gasteiger partial charge on any atom is 0.295 e. The fourth-order valence-electron chi connectivity index (χ4n) is 9.04. The minimum Gasteiger partial charge on any atom is -0.497 e. The SMILES string of the molecule is CC(O)=Nc1cc(N=c2nc(Cl)[nH]c(=Nc3c(C)c(N=c4[nH]c(Cl)nc(=Nc5ccc(N=Nc6cc(S(=O)(=O)O)c7cccc(S(=O)(=O)O)c7c6)c(N=C(C)O)c5)[nH]4)c(C)c(S(=O)(=O)O)c3C)[nH]2)ccc1N=Nc1cc(S(=O)(=O)O)c2cccc(S(=O)(=O)O)c2c1. The number of rotatable bonds is 15. The summed E-state index contributed by atoms with van der Waals surface area (Å²) in [5, 5.41) is 34.9. The lowest BCUT2D eigenvalue weighted by Crippen LogP contribution is -2.27. The summed E-state index contributed by atoms with van der Waals surface area (Å²) in [5.41, 5.74) is -1.65. The quantitative estimate of drug-likeness (QED) is 0.0197. The Morgan fingerprint density at radius 2 is 0.780 bits per heavy atom. The first kappa shape index (κ1) is 66.0. The van der Waals surface area contributed by atoms with Crippen LogP contribution in [0.1, 0.15) is 30.5 Å². The molecule has 33 nitrogen and oxygen atoms in total. The number of aromatic amines is 4. The largest absolute Gasteiger partial charge is 0.497 e. The third-order valence-corrected chi connectivity index (χ3v) is 17.6. The van der Waals surface area contributed by atoms with E-state index in [-0.39, 0.29) is 128 Å². The summed E-state index contributed by atoms with van der Waals surface area (Å²) in [6.07, 6.45) is 0. The van der Waals surface area contributed by atoms with Crippen LogP contribution in [0.2, 0.25) is 10.6 Å². The van der Waals surface area contributed by atoms with Gasteiger partial charge in [-0.15, -0.1) is 10.2 Å². The molecule has 7 aromatic carbocycles. The van der Waals surface area contributed by atoms with Crippen molar-refractivity contribution in [1.82, 2.24) is 29.9 Å². The fourth-order valence-corrected chi connectivity index (χ4v) is 13.2. The van der Waals surface area contributed by atoms with Gasteiger partial charge in [0.05, 0.1) is 45.5 Å². The molecule has 2 aromatic heterocycles. The summed E-state index contributed by atoms with van der Waals surface area (Å²) in [4.78, 5) is 42.1. The van der Waals surface area contributed by atoms with Crippen molar-refractivity contribution in [1.29, 1.82) is 0 Å². The van der Waals surface area contributed by atoms with Crippen LogP contribution in [0.3, 0.4) is 0 Å². The maximum atomic E-state index is 13.1. The van der Waals surface area contributed by atoms with Crippen LogP contribution in [0.15, 0.2) is 172 Å². The molecule has 0 unspecified atom stereocenters. The van der Waals surface area contributed by atoms with Crippen molar-refractivity contribution in [3.63, 3.8) is 0 Å². The topological polar surface area (TPSA) is 525 Å². The summed E-state index contributed by atoms with van der Waals surface area (Å²) < 4.78 is 175. The summed E-state index contributed by atoms with van der Waals surface area (Å²) >= 11 is 12.9. The lowest BCUT2D eigenvalue weighted by molar-refractivity contribution is 0.480. The van der Waals surface area contributed by atoms with Crippen LogP contribution in [0, 0.1) is 20.8 Å². The smallest absolute Gasteiger partial charge is 0.295 e. The molecule has 0 atom stereocenters. The van der Waals surface area contributed by atoms with Gasteiger partial charge < -0.3 is 20.2 Å². The average Bonchev–Trinajstić information content (AvgIpc) is 0.779.